The standard InChI is InChI=1S/C14H26N2O/c1-17-9-8-16(13-6-7-13)14(10-15,11-2-3-11)12-4-5-12/h11-13H,2-10,15H2,1H3. The molecule has 0 atom stereocenters. The molecule has 3 heteroatoms. The Bertz CT molecular complexity index is 257. The molecule has 3 saturated carbocycles. The molecule has 0 aliphatic heterocycles. The lowest BCUT2D eigenvalue weighted by Crippen LogP contribution is -2.59. The Kier molecular flexibility index (Phi) is 3.18. The zero-order valence-corrected chi connectivity index (χ0v) is 11.0. The summed E-state index contributed by atoms with van der Waals surface area (Å²) in [5.41, 5.74) is 6.59. The van der Waals surface area contributed by atoms with Gasteiger partial charge in [-0.15, -0.1) is 0 Å². The monoisotopic (exact) mass is 238 g/mol. The molecule has 3 aliphatic rings. The van der Waals surface area contributed by atoms with Crippen LogP contribution in [-0.4, -0.2) is 43.3 Å². The van der Waals surface area contributed by atoms with Crippen molar-refractivity contribution in [3.8, 4) is 0 Å². The van der Waals surface area contributed by atoms with Gasteiger partial charge < -0.3 is 10.5 Å². The van der Waals surface area contributed by atoms with E-state index in [9.17, 15) is 0 Å². The second-order valence-corrected chi connectivity index (χ2v) is 6.16. The van der Waals surface area contributed by atoms with Crippen LogP contribution in [0, 0.1) is 11.8 Å². The number of nitrogens with two attached hydrogens (primary N) is 1. The summed E-state index contributed by atoms with van der Waals surface area (Å²) in [7, 11) is 1.81. The molecule has 0 unspecified atom stereocenters. The van der Waals surface area contributed by atoms with E-state index in [-0.39, 0.29) is 0 Å². The third-order valence-electron chi connectivity index (χ3n) is 4.95. The molecule has 0 aromatic heterocycles. The molecule has 3 aliphatic carbocycles. The van der Waals surface area contributed by atoms with E-state index in [1.54, 1.807) is 0 Å². The van der Waals surface area contributed by atoms with Crippen molar-refractivity contribution in [1.82, 2.24) is 4.90 Å². The van der Waals surface area contributed by atoms with E-state index in [0.29, 0.717) is 5.54 Å². The average molecular weight is 238 g/mol. The molecule has 0 aromatic carbocycles. The van der Waals surface area contributed by atoms with Gasteiger partial charge in [-0.3, -0.25) is 4.90 Å². The molecule has 0 amide bonds. The first kappa shape index (κ1) is 11.9. The molecule has 98 valence electrons. The van der Waals surface area contributed by atoms with Crippen LogP contribution in [-0.2, 0) is 4.74 Å². The highest BCUT2D eigenvalue weighted by atomic mass is 16.5. The predicted octanol–water partition coefficient (Wildman–Crippen LogP) is 1.61. The van der Waals surface area contributed by atoms with Crippen LogP contribution in [0.2, 0.25) is 0 Å². The van der Waals surface area contributed by atoms with Crippen molar-refractivity contribution in [2.75, 3.05) is 26.8 Å². The van der Waals surface area contributed by atoms with Crippen molar-refractivity contribution in [3.63, 3.8) is 0 Å². The highest BCUT2D eigenvalue weighted by Crippen LogP contribution is 2.56. The fourth-order valence-electron chi connectivity index (χ4n) is 3.73. The zero-order chi connectivity index (χ0) is 11.9. The smallest absolute Gasteiger partial charge is 0.0590 e. The summed E-state index contributed by atoms with van der Waals surface area (Å²) >= 11 is 0. The van der Waals surface area contributed by atoms with Gasteiger partial charge in [-0.2, -0.15) is 0 Å². The summed E-state index contributed by atoms with van der Waals surface area (Å²) in [6.45, 7) is 2.81. The Labute approximate surface area is 105 Å². The first-order valence-electron chi connectivity index (χ1n) is 7.28. The number of rotatable bonds is 8. The van der Waals surface area contributed by atoms with Crippen LogP contribution >= 0.6 is 0 Å². The lowest BCUT2D eigenvalue weighted by atomic mass is 9.85. The van der Waals surface area contributed by atoms with E-state index in [2.05, 4.69) is 4.90 Å². The molecular formula is C14H26N2O. The molecule has 0 radical (unpaired) electrons. The molecule has 0 bridgehead atoms. The lowest BCUT2D eigenvalue weighted by Gasteiger charge is -2.45. The Morgan fingerprint density at radius 2 is 1.71 bits per heavy atom. The third kappa shape index (κ3) is 2.13. The first-order valence-corrected chi connectivity index (χ1v) is 7.28. The fraction of sp³-hybridized carbons (Fsp3) is 1.00. The minimum atomic E-state index is 0.347. The molecule has 0 aromatic rings. The van der Waals surface area contributed by atoms with Crippen molar-refractivity contribution in [2.24, 2.45) is 17.6 Å². The molecule has 0 heterocycles. The number of nitrogens with zero attached hydrogens (tertiary/aromatic N) is 1. The maximum absolute atomic E-state index is 6.25. The normalized spacial score (nSPS) is 25.6. The largest absolute Gasteiger partial charge is 0.383 e. The van der Waals surface area contributed by atoms with Crippen molar-refractivity contribution >= 4 is 0 Å². The molecule has 3 fully saturated rings. The maximum Gasteiger partial charge on any atom is 0.0590 e. The van der Waals surface area contributed by atoms with Crippen LogP contribution in [0.15, 0.2) is 0 Å². The highest BCUT2D eigenvalue weighted by Gasteiger charge is 2.58. The van der Waals surface area contributed by atoms with Crippen molar-refractivity contribution in [3.05, 3.63) is 0 Å². The van der Waals surface area contributed by atoms with Crippen LogP contribution in [0.3, 0.4) is 0 Å². The molecule has 3 nitrogen and oxygen atoms in total. The van der Waals surface area contributed by atoms with Crippen LogP contribution in [0.1, 0.15) is 38.5 Å². The minimum absolute atomic E-state index is 0.347. The second-order valence-electron chi connectivity index (χ2n) is 6.16. The van der Waals surface area contributed by atoms with E-state index in [4.69, 9.17) is 10.5 Å². The van der Waals surface area contributed by atoms with Gasteiger partial charge in [-0.1, -0.05) is 0 Å². The van der Waals surface area contributed by atoms with Crippen LogP contribution in [0.4, 0.5) is 0 Å². The van der Waals surface area contributed by atoms with Crippen LogP contribution in [0.25, 0.3) is 0 Å². The summed E-state index contributed by atoms with van der Waals surface area (Å²) in [6, 6.07) is 0.815. The highest BCUT2D eigenvalue weighted by molar-refractivity contribution is 5.13. The topological polar surface area (TPSA) is 38.5 Å². The van der Waals surface area contributed by atoms with Gasteiger partial charge in [-0.05, 0) is 50.4 Å². The van der Waals surface area contributed by atoms with Gasteiger partial charge in [0.25, 0.3) is 0 Å². The molecule has 17 heavy (non-hydrogen) atoms. The summed E-state index contributed by atoms with van der Waals surface area (Å²) in [5, 5.41) is 0. The summed E-state index contributed by atoms with van der Waals surface area (Å²) in [5.74, 6) is 1.77. The van der Waals surface area contributed by atoms with Crippen molar-refractivity contribution in [1.29, 1.82) is 0 Å². The van der Waals surface area contributed by atoms with E-state index in [1.807, 2.05) is 7.11 Å². The van der Waals surface area contributed by atoms with E-state index < -0.39 is 0 Å². The van der Waals surface area contributed by atoms with Crippen LogP contribution in [0.5, 0.6) is 0 Å². The Balaban J connectivity index is 1.78. The Morgan fingerprint density at radius 1 is 1.12 bits per heavy atom. The molecular weight excluding hydrogens is 212 g/mol. The quantitative estimate of drug-likeness (QED) is 0.698. The Hall–Kier alpha value is -0.120. The molecule has 3 rings (SSSR count). The fourth-order valence-corrected chi connectivity index (χ4v) is 3.73. The van der Waals surface area contributed by atoms with Gasteiger partial charge in [0, 0.05) is 31.8 Å². The summed E-state index contributed by atoms with van der Waals surface area (Å²) in [4.78, 5) is 2.76. The number of ether oxygens (including phenoxy) is 1. The molecule has 0 spiro atoms. The zero-order valence-electron chi connectivity index (χ0n) is 11.0. The van der Waals surface area contributed by atoms with E-state index in [1.165, 1.54) is 38.5 Å². The predicted molar refractivity (Wildman–Crippen MR) is 68.8 cm³/mol. The first-order chi connectivity index (χ1) is 8.32. The van der Waals surface area contributed by atoms with Gasteiger partial charge in [0.15, 0.2) is 0 Å². The number of methoxy groups -OCH3 is 1. The summed E-state index contributed by atoms with van der Waals surface area (Å²) < 4.78 is 5.31. The third-order valence-corrected chi connectivity index (χ3v) is 4.95. The van der Waals surface area contributed by atoms with Crippen LogP contribution < -0.4 is 5.73 Å². The number of hydrogen-bond donors (Lipinski definition) is 1. The van der Waals surface area contributed by atoms with Crippen molar-refractivity contribution < 1.29 is 4.74 Å². The molecule has 2 N–H and O–H groups in total. The van der Waals surface area contributed by atoms with Gasteiger partial charge in [0.05, 0.1) is 6.61 Å². The number of hydrogen-bond acceptors (Lipinski definition) is 3. The SMILES string of the molecule is COCCN(C1CC1)C(CN)(C1CC1)C1CC1. The average Bonchev–Trinajstić information content (AvgIpc) is 3.18. The maximum atomic E-state index is 6.25. The minimum Gasteiger partial charge on any atom is -0.383 e. The lowest BCUT2D eigenvalue weighted by molar-refractivity contribution is 0.0210. The van der Waals surface area contributed by atoms with Crippen molar-refractivity contribution in [2.45, 2.75) is 50.1 Å². The van der Waals surface area contributed by atoms with Gasteiger partial charge in [-0.25, -0.2) is 0 Å². The van der Waals surface area contributed by atoms with Gasteiger partial charge >= 0.3 is 0 Å². The molecule has 0 saturated heterocycles. The van der Waals surface area contributed by atoms with E-state index in [0.717, 1.165) is 37.6 Å². The second kappa shape index (κ2) is 4.52. The van der Waals surface area contributed by atoms with Gasteiger partial charge in [0.2, 0.25) is 0 Å². The summed E-state index contributed by atoms with van der Waals surface area (Å²) in [6.07, 6.45) is 8.39. The van der Waals surface area contributed by atoms with E-state index >= 15 is 0 Å². The van der Waals surface area contributed by atoms with Gasteiger partial charge in [0.1, 0.15) is 0 Å². The Morgan fingerprint density at radius 3 is 2.06 bits per heavy atom.